The van der Waals surface area contributed by atoms with Gasteiger partial charge in [0.2, 0.25) is 0 Å². The molecule has 1 rings (SSSR count). The number of esters is 1. The molecular formula is C15H28O4. The normalized spacial score (nSPS) is 27.1. The van der Waals surface area contributed by atoms with Crippen molar-refractivity contribution in [2.24, 2.45) is 11.8 Å². The summed E-state index contributed by atoms with van der Waals surface area (Å²) in [6.07, 6.45) is 2.79. The highest BCUT2D eigenvalue weighted by Gasteiger charge is 2.46. The molecule has 0 bridgehead atoms. The summed E-state index contributed by atoms with van der Waals surface area (Å²) in [5.41, 5.74) is -1.35. The second-order valence-electron chi connectivity index (χ2n) is 5.77. The van der Waals surface area contributed by atoms with Crippen LogP contribution in [-0.4, -0.2) is 36.0 Å². The van der Waals surface area contributed by atoms with Crippen LogP contribution in [0.15, 0.2) is 0 Å². The minimum atomic E-state index is -1.35. The van der Waals surface area contributed by atoms with Crippen LogP contribution in [0.3, 0.4) is 0 Å². The number of hydrogen-bond donors (Lipinski definition) is 1. The van der Waals surface area contributed by atoms with E-state index in [9.17, 15) is 9.90 Å². The first-order valence-corrected chi connectivity index (χ1v) is 7.46. The number of carbonyl (C=O) groups is 1. The summed E-state index contributed by atoms with van der Waals surface area (Å²) in [7, 11) is 0. The maximum atomic E-state index is 12.1. The first-order valence-electron chi connectivity index (χ1n) is 7.46. The van der Waals surface area contributed by atoms with Gasteiger partial charge < -0.3 is 14.6 Å². The van der Waals surface area contributed by atoms with Gasteiger partial charge in [0.05, 0.1) is 12.7 Å². The largest absolute Gasteiger partial charge is 0.464 e. The van der Waals surface area contributed by atoms with Crippen molar-refractivity contribution in [3.63, 3.8) is 0 Å². The van der Waals surface area contributed by atoms with Crippen molar-refractivity contribution in [1.29, 1.82) is 0 Å². The van der Waals surface area contributed by atoms with Gasteiger partial charge in [0.25, 0.3) is 0 Å². The smallest absolute Gasteiger partial charge is 0.338 e. The lowest BCUT2D eigenvalue weighted by Gasteiger charge is -2.40. The summed E-state index contributed by atoms with van der Waals surface area (Å²) >= 11 is 0. The number of hydrogen-bond acceptors (Lipinski definition) is 4. The van der Waals surface area contributed by atoms with Gasteiger partial charge in [0, 0.05) is 12.5 Å². The highest BCUT2D eigenvalue weighted by Crippen LogP contribution is 2.36. The highest BCUT2D eigenvalue weighted by atomic mass is 16.5. The Bertz CT molecular complexity index is 290. The topological polar surface area (TPSA) is 55.8 Å². The molecule has 1 aliphatic heterocycles. The average Bonchev–Trinajstić information content (AvgIpc) is 2.39. The Morgan fingerprint density at radius 3 is 2.68 bits per heavy atom. The molecule has 0 aromatic heterocycles. The summed E-state index contributed by atoms with van der Waals surface area (Å²) in [6.45, 7) is 8.88. The molecular weight excluding hydrogens is 244 g/mol. The van der Waals surface area contributed by atoms with Crippen LogP contribution >= 0.6 is 0 Å². The van der Waals surface area contributed by atoms with E-state index in [1.807, 2.05) is 6.92 Å². The SMILES string of the molecule is CCCC(O)(C(=O)OCC)C1CCOC(C(C)C)C1. The molecule has 1 N–H and O–H groups in total. The molecule has 112 valence electrons. The molecule has 1 heterocycles. The van der Waals surface area contributed by atoms with E-state index >= 15 is 0 Å². The first kappa shape index (κ1) is 16.4. The quantitative estimate of drug-likeness (QED) is 0.755. The molecule has 0 aliphatic carbocycles. The molecule has 4 heteroatoms. The van der Waals surface area contributed by atoms with E-state index in [1.165, 1.54) is 0 Å². The number of aliphatic hydroxyl groups is 1. The Morgan fingerprint density at radius 1 is 1.47 bits per heavy atom. The zero-order valence-electron chi connectivity index (χ0n) is 12.6. The third-order valence-corrected chi connectivity index (χ3v) is 3.99. The van der Waals surface area contributed by atoms with Crippen LogP contribution in [0.2, 0.25) is 0 Å². The molecule has 1 saturated heterocycles. The van der Waals surface area contributed by atoms with E-state index in [2.05, 4.69) is 13.8 Å². The molecule has 4 nitrogen and oxygen atoms in total. The van der Waals surface area contributed by atoms with Crippen molar-refractivity contribution in [2.75, 3.05) is 13.2 Å². The number of carbonyl (C=O) groups excluding carboxylic acids is 1. The van der Waals surface area contributed by atoms with Crippen LogP contribution in [-0.2, 0) is 14.3 Å². The van der Waals surface area contributed by atoms with E-state index in [1.54, 1.807) is 6.92 Å². The Morgan fingerprint density at radius 2 is 2.16 bits per heavy atom. The molecule has 0 spiro atoms. The minimum Gasteiger partial charge on any atom is -0.464 e. The highest BCUT2D eigenvalue weighted by molar-refractivity contribution is 5.79. The van der Waals surface area contributed by atoms with Gasteiger partial charge in [-0.05, 0) is 32.1 Å². The van der Waals surface area contributed by atoms with Gasteiger partial charge in [-0.3, -0.25) is 0 Å². The van der Waals surface area contributed by atoms with Gasteiger partial charge in [-0.25, -0.2) is 4.79 Å². The second-order valence-corrected chi connectivity index (χ2v) is 5.77. The summed E-state index contributed by atoms with van der Waals surface area (Å²) in [5, 5.41) is 10.8. The molecule has 3 unspecified atom stereocenters. The Hall–Kier alpha value is -0.610. The van der Waals surface area contributed by atoms with Gasteiger partial charge in [0.15, 0.2) is 5.60 Å². The molecule has 0 radical (unpaired) electrons. The fraction of sp³-hybridized carbons (Fsp3) is 0.933. The van der Waals surface area contributed by atoms with Crippen LogP contribution < -0.4 is 0 Å². The molecule has 19 heavy (non-hydrogen) atoms. The Kier molecular flexibility index (Phi) is 6.27. The zero-order valence-corrected chi connectivity index (χ0v) is 12.6. The molecule has 0 amide bonds. The summed E-state index contributed by atoms with van der Waals surface area (Å²) < 4.78 is 10.8. The molecule has 3 atom stereocenters. The predicted molar refractivity (Wildman–Crippen MR) is 73.8 cm³/mol. The Balaban J connectivity index is 2.82. The summed E-state index contributed by atoms with van der Waals surface area (Å²) in [4.78, 5) is 12.1. The maximum absolute atomic E-state index is 12.1. The lowest BCUT2D eigenvalue weighted by molar-refractivity contribution is -0.180. The summed E-state index contributed by atoms with van der Waals surface area (Å²) in [5.74, 6) is -0.130. The second kappa shape index (κ2) is 7.25. The fourth-order valence-electron chi connectivity index (χ4n) is 2.84. The van der Waals surface area contributed by atoms with Gasteiger partial charge in [-0.15, -0.1) is 0 Å². The van der Waals surface area contributed by atoms with Crippen molar-refractivity contribution in [3.8, 4) is 0 Å². The molecule has 1 fully saturated rings. The van der Waals surface area contributed by atoms with Crippen molar-refractivity contribution in [1.82, 2.24) is 0 Å². The average molecular weight is 272 g/mol. The van der Waals surface area contributed by atoms with Gasteiger partial charge in [0.1, 0.15) is 0 Å². The minimum absolute atomic E-state index is 0.0624. The van der Waals surface area contributed by atoms with Gasteiger partial charge >= 0.3 is 5.97 Å². The van der Waals surface area contributed by atoms with Gasteiger partial charge in [-0.1, -0.05) is 27.2 Å². The van der Waals surface area contributed by atoms with Crippen LogP contribution in [0, 0.1) is 11.8 Å². The first-order chi connectivity index (χ1) is 8.95. The third kappa shape index (κ3) is 3.93. The van der Waals surface area contributed by atoms with E-state index in [0.717, 1.165) is 19.3 Å². The van der Waals surface area contributed by atoms with E-state index in [0.29, 0.717) is 25.6 Å². The molecule has 0 aromatic carbocycles. The maximum Gasteiger partial charge on any atom is 0.338 e. The molecule has 1 aliphatic rings. The van der Waals surface area contributed by atoms with E-state index < -0.39 is 11.6 Å². The standard InChI is InChI=1S/C15H28O4/c1-5-8-15(17,14(16)18-6-2)12-7-9-19-13(10-12)11(3)4/h11-13,17H,5-10H2,1-4H3. The van der Waals surface area contributed by atoms with Crippen molar-refractivity contribution < 1.29 is 19.4 Å². The van der Waals surface area contributed by atoms with Crippen LogP contribution in [0.1, 0.15) is 53.4 Å². The lowest BCUT2D eigenvalue weighted by Crippen LogP contribution is -2.50. The molecule has 0 aromatic rings. The zero-order chi connectivity index (χ0) is 14.5. The lowest BCUT2D eigenvalue weighted by atomic mass is 9.76. The van der Waals surface area contributed by atoms with Crippen LogP contribution in [0.5, 0.6) is 0 Å². The molecule has 0 saturated carbocycles. The number of ether oxygens (including phenoxy) is 2. The fourth-order valence-corrected chi connectivity index (χ4v) is 2.84. The van der Waals surface area contributed by atoms with Crippen molar-refractivity contribution >= 4 is 5.97 Å². The predicted octanol–water partition coefficient (Wildman–Crippen LogP) is 2.53. The van der Waals surface area contributed by atoms with E-state index in [-0.39, 0.29) is 12.0 Å². The van der Waals surface area contributed by atoms with Crippen LogP contribution in [0.4, 0.5) is 0 Å². The third-order valence-electron chi connectivity index (χ3n) is 3.99. The summed E-state index contributed by atoms with van der Waals surface area (Å²) in [6, 6.07) is 0. The monoisotopic (exact) mass is 272 g/mol. The Labute approximate surface area is 116 Å². The number of rotatable bonds is 6. The van der Waals surface area contributed by atoms with Gasteiger partial charge in [-0.2, -0.15) is 0 Å². The van der Waals surface area contributed by atoms with Crippen LogP contribution in [0.25, 0.3) is 0 Å². The van der Waals surface area contributed by atoms with Crippen molar-refractivity contribution in [2.45, 2.75) is 65.1 Å². The van der Waals surface area contributed by atoms with E-state index in [4.69, 9.17) is 9.47 Å². The van der Waals surface area contributed by atoms with Crippen molar-refractivity contribution in [3.05, 3.63) is 0 Å².